The molecule has 1 aliphatic heterocycles. The number of imidazole rings is 1. The normalized spacial score (nSPS) is 25.0. The average molecular weight is 261 g/mol. The average Bonchev–Trinajstić information content (AvgIpc) is 2.68. The largest absolute Gasteiger partial charge is 0.341 e. The number of aromatic amines is 1. The number of hydrogen-bond donors (Lipinski definition) is 1. The molecule has 2 heterocycles. The lowest BCUT2D eigenvalue weighted by Crippen LogP contribution is -2.38. The molecule has 2 aromatic rings. The maximum absolute atomic E-state index is 13.1. The molecular formula is C15H20FN3. The Bertz CT molecular complexity index is 568. The number of piperidine rings is 1. The van der Waals surface area contributed by atoms with Gasteiger partial charge in [-0.15, -0.1) is 0 Å². The fourth-order valence-corrected chi connectivity index (χ4v) is 3.24. The summed E-state index contributed by atoms with van der Waals surface area (Å²) in [5, 5.41) is 0. The lowest BCUT2D eigenvalue weighted by Gasteiger charge is -2.34. The minimum Gasteiger partial charge on any atom is -0.341 e. The van der Waals surface area contributed by atoms with Crippen molar-refractivity contribution >= 4 is 11.0 Å². The van der Waals surface area contributed by atoms with Crippen molar-refractivity contribution in [3.8, 4) is 0 Å². The Morgan fingerprint density at radius 2 is 2.05 bits per heavy atom. The summed E-state index contributed by atoms with van der Waals surface area (Å²) in [7, 11) is 0. The predicted octanol–water partition coefficient (Wildman–Crippen LogP) is 3.18. The molecule has 1 N–H and O–H groups in total. The fourth-order valence-electron chi connectivity index (χ4n) is 3.24. The molecule has 102 valence electrons. The number of benzene rings is 1. The number of H-pyrrole nitrogens is 1. The Balaban J connectivity index is 1.77. The van der Waals surface area contributed by atoms with E-state index in [1.807, 2.05) is 0 Å². The first kappa shape index (κ1) is 12.6. The minimum absolute atomic E-state index is 0.220. The van der Waals surface area contributed by atoms with Gasteiger partial charge in [0, 0.05) is 13.1 Å². The number of likely N-dealkylation sites (tertiary alicyclic amines) is 1. The lowest BCUT2D eigenvalue weighted by molar-refractivity contribution is 0.132. The fraction of sp³-hybridized carbons (Fsp3) is 0.533. The van der Waals surface area contributed by atoms with Crippen molar-refractivity contribution in [2.24, 2.45) is 11.8 Å². The van der Waals surface area contributed by atoms with Crippen molar-refractivity contribution in [3.63, 3.8) is 0 Å². The smallest absolute Gasteiger partial charge is 0.125 e. The maximum atomic E-state index is 13.1. The van der Waals surface area contributed by atoms with E-state index in [1.165, 1.54) is 18.6 Å². The lowest BCUT2D eigenvalue weighted by atomic mass is 9.92. The number of aromatic nitrogens is 2. The molecule has 1 aromatic carbocycles. The molecule has 0 radical (unpaired) electrons. The van der Waals surface area contributed by atoms with E-state index < -0.39 is 0 Å². The Kier molecular flexibility index (Phi) is 3.27. The van der Waals surface area contributed by atoms with Gasteiger partial charge in [0.05, 0.1) is 17.6 Å². The number of halogens is 1. The van der Waals surface area contributed by atoms with Gasteiger partial charge in [-0.3, -0.25) is 4.90 Å². The Hall–Kier alpha value is -1.42. The Morgan fingerprint density at radius 1 is 1.32 bits per heavy atom. The van der Waals surface area contributed by atoms with Crippen molar-refractivity contribution in [1.29, 1.82) is 0 Å². The number of rotatable bonds is 2. The van der Waals surface area contributed by atoms with E-state index in [0.29, 0.717) is 0 Å². The van der Waals surface area contributed by atoms with Crippen molar-refractivity contribution in [3.05, 3.63) is 29.8 Å². The summed E-state index contributed by atoms with van der Waals surface area (Å²) in [6.45, 7) is 7.67. The molecule has 4 heteroatoms. The molecule has 0 aliphatic carbocycles. The molecule has 3 nitrogen and oxygen atoms in total. The summed E-state index contributed by atoms with van der Waals surface area (Å²) in [6, 6.07) is 4.69. The van der Waals surface area contributed by atoms with Crippen LogP contribution >= 0.6 is 0 Å². The van der Waals surface area contributed by atoms with Crippen molar-refractivity contribution < 1.29 is 4.39 Å². The van der Waals surface area contributed by atoms with Gasteiger partial charge >= 0.3 is 0 Å². The van der Waals surface area contributed by atoms with Crippen LogP contribution in [-0.4, -0.2) is 28.0 Å². The molecule has 1 aliphatic rings. The summed E-state index contributed by atoms with van der Waals surface area (Å²) in [6.07, 6.45) is 1.31. The van der Waals surface area contributed by atoms with E-state index >= 15 is 0 Å². The van der Waals surface area contributed by atoms with Gasteiger partial charge in [-0.2, -0.15) is 0 Å². The predicted molar refractivity (Wildman–Crippen MR) is 74.3 cm³/mol. The molecule has 2 atom stereocenters. The molecule has 2 unspecified atom stereocenters. The third-order valence-electron chi connectivity index (χ3n) is 3.81. The molecule has 0 saturated carbocycles. The van der Waals surface area contributed by atoms with Crippen LogP contribution in [0.2, 0.25) is 0 Å². The second-order valence-corrected chi connectivity index (χ2v) is 5.99. The first-order valence-corrected chi connectivity index (χ1v) is 6.96. The van der Waals surface area contributed by atoms with Gasteiger partial charge in [-0.1, -0.05) is 13.8 Å². The van der Waals surface area contributed by atoms with Gasteiger partial charge in [0.1, 0.15) is 11.6 Å². The van der Waals surface area contributed by atoms with Crippen LogP contribution in [0.1, 0.15) is 26.1 Å². The van der Waals surface area contributed by atoms with Crippen molar-refractivity contribution in [1.82, 2.24) is 14.9 Å². The third-order valence-corrected chi connectivity index (χ3v) is 3.81. The number of hydrogen-bond acceptors (Lipinski definition) is 2. The molecule has 0 spiro atoms. The van der Waals surface area contributed by atoms with E-state index in [0.717, 1.165) is 48.3 Å². The summed E-state index contributed by atoms with van der Waals surface area (Å²) in [4.78, 5) is 10.2. The molecular weight excluding hydrogens is 241 g/mol. The minimum atomic E-state index is -0.220. The van der Waals surface area contributed by atoms with Crippen LogP contribution in [0.3, 0.4) is 0 Å². The van der Waals surface area contributed by atoms with Gasteiger partial charge < -0.3 is 4.98 Å². The van der Waals surface area contributed by atoms with E-state index in [-0.39, 0.29) is 5.82 Å². The highest BCUT2D eigenvalue weighted by Crippen LogP contribution is 2.22. The second kappa shape index (κ2) is 4.93. The molecule has 0 bridgehead atoms. The van der Waals surface area contributed by atoms with E-state index in [9.17, 15) is 4.39 Å². The van der Waals surface area contributed by atoms with Gasteiger partial charge in [0.2, 0.25) is 0 Å². The monoisotopic (exact) mass is 261 g/mol. The van der Waals surface area contributed by atoms with Crippen LogP contribution in [0, 0.1) is 17.7 Å². The summed E-state index contributed by atoms with van der Waals surface area (Å²) in [5.74, 6) is 2.20. The van der Waals surface area contributed by atoms with Crippen LogP contribution in [0.25, 0.3) is 11.0 Å². The van der Waals surface area contributed by atoms with E-state index in [1.54, 1.807) is 6.07 Å². The summed E-state index contributed by atoms with van der Waals surface area (Å²) >= 11 is 0. The molecule has 1 aromatic heterocycles. The van der Waals surface area contributed by atoms with Crippen LogP contribution in [0.4, 0.5) is 4.39 Å². The van der Waals surface area contributed by atoms with Gasteiger partial charge in [0.25, 0.3) is 0 Å². The SMILES string of the molecule is CC1CC(C)CN(Cc2nc3ccc(F)cc3[nH]2)C1. The van der Waals surface area contributed by atoms with Crippen LogP contribution in [0.15, 0.2) is 18.2 Å². The van der Waals surface area contributed by atoms with Crippen molar-refractivity contribution in [2.75, 3.05) is 13.1 Å². The first-order valence-electron chi connectivity index (χ1n) is 6.96. The zero-order chi connectivity index (χ0) is 13.4. The van der Waals surface area contributed by atoms with Crippen LogP contribution < -0.4 is 0 Å². The molecule has 1 saturated heterocycles. The highest BCUT2D eigenvalue weighted by atomic mass is 19.1. The number of nitrogens with one attached hydrogen (secondary N) is 1. The second-order valence-electron chi connectivity index (χ2n) is 5.99. The maximum Gasteiger partial charge on any atom is 0.125 e. The standard InChI is InChI=1S/C15H20FN3/c1-10-5-11(2)8-19(7-10)9-15-17-13-4-3-12(16)6-14(13)18-15/h3-4,6,10-11H,5,7-9H2,1-2H3,(H,17,18). The first-order chi connectivity index (χ1) is 9.10. The van der Waals surface area contributed by atoms with Gasteiger partial charge in [-0.25, -0.2) is 9.37 Å². The number of fused-ring (bicyclic) bond motifs is 1. The van der Waals surface area contributed by atoms with E-state index in [2.05, 4.69) is 28.7 Å². The summed E-state index contributed by atoms with van der Waals surface area (Å²) < 4.78 is 13.1. The highest BCUT2D eigenvalue weighted by molar-refractivity contribution is 5.74. The van der Waals surface area contributed by atoms with Gasteiger partial charge in [0.15, 0.2) is 0 Å². The highest BCUT2D eigenvalue weighted by Gasteiger charge is 2.22. The number of nitrogens with zero attached hydrogens (tertiary/aromatic N) is 2. The quantitative estimate of drug-likeness (QED) is 0.900. The molecule has 0 amide bonds. The Labute approximate surface area is 112 Å². The van der Waals surface area contributed by atoms with Crippen LogP contribution in [0.5, 0.6) is 0 Å². The van der Waals surface area contributed by atoms with Gasteiger partial charge in [-0.05, 0) is 36.5 Å². The molecule has 19 heavy (non-hydrogen) atoms. The zero-order valence-electron chi connectivity index (χ0n) is 11.5. The van der Waals surface area contributed by atoms with E-state index in [4.69, 9.17) is 0 Å². The Morgan fingerprint density at radius 3 is 2.79 bits per heavy atom. The molecule has 3 rings (SSSR count). The molecule has 1 fully saturated rings. The van der Waals surface area contributed by atoms with Crippen molar-refractivity contribution in [2.45, 2.75) is 26.8 Å². The zero-order valence-corrected chi connectivity index (χ0v) is 11.5. The summed E-state index contributed by atoms with van der Waals surface area (Å²) in [5.41, 5.74) is 1.63. The third kappa shape index (κ3) is 2.78. The topological polar surface area (TPSA) is 31.9 Å². The van der Waals surface area contributed by atoms with Crippen LogP contribution in [-0.2, 0) is 6.54 Å².